The lowest BCUT2D eigenvalue weighted by Crippen LogP contribution is -2.38. The van der Waals surface area contributed by atoms with Crippen LogP contribution in [0.1, 0.15) is 40.7 Å². The molecule has 1 atom stereocenters. The van der Waals surface area contributed by atoms with Crippen LogP contribution in [-0.2, 0) is 0 Å². The fraction of sp³-hybridized carbons (Fsp3) is 0.471. The summed E-state index contributed by atoms with van der Waals surface area (Å²) >= 11 is 1.90. The molecule has 1 aliphatic rings. The highest BCUT2D eigenvalue weighted by molar-refractivity contribution is 7.99. The maximum atomic E-state index is 12.3. The van der Waals surface area contributed by atoms with Gasteiger partial charge in [-0.1, -0.05) is 11.8 Å². The fourth-order valence-corrected chi connectivity index (χ4v) is 3.40. The molecule has 4 heteroatoms. The van der Waals surface area contributed by atoms with Crippen molar-refractivity contribution in [3.8, 4) is 11.8 Å². The molecule has 1 aromatic carbocycles. The van der Waals surface area contributed by atoms with Crippen LogP contribution in [0.2, 0.25) is 0 Å². The lowest BCUT2D eigenvalue weighted by Gasteiger charge is -2.22. The van der Waals surface area contributed by atoms with Gasteiger partial charge in [0, 0.05) is 29.3 Å². The van der Waals surface area contributed by atoms with E-state index in [9.17, 15) is 4.79 Å². The van der Waals surface area contributed by atoms with Gasteiger partial charge in [0.1, 0.15) is 0 Å². The Kier molecular flexibility index (Phi) is 6.16. The molecular formula is C17H21NO2S. The Hall–Kier alpha value is -1.44. The van der Waals surface area contributed by atoms with E-state index in [1.807, 2.05) is 36.9 Å². The molecule has 1 aromatic rings. The molecule has 2 rings (SSSR count). The molecule has 1 amide bonds. The molecule has 21 heavy (non-hydrogen) atoms. The number of amides is 1. The monoisotopic (exact) mass is 303 g/mol. The Morgan fingerprint density at radius 2 is 2.33 bits per heavy atom. The highest BCUT2D eigenvalue weighted by Crippen LogP contribution is 2.17. The molecule has 2 N–H and O–H groups in total. The first-order valence-electron chi connectivity index (χ1n) is 7.29. The van der Waals surface area contributed by atoms with Crippen molar-refractivity contribution in [2.24, 2.45) is 0 Å². The summed E-state index contributed by atoms with van der Waals surface area (Å²) < 4.78 is 0. The van der Waals surface area contributed by atoms with Crippen molar-refractivity contribution in [2.45, 2.75) is 32.2 Å². The van der Waals surface area contributed by atoms with Gasteiger partial charge >= 0.3 is 0 Å². The molecular weight excluding hydrogens is 282 g/mol. The first kappa shape index (κ1) is 15.9. The number of aliphatic hydroxyl groups excluding tert-OH is 1. The van der Waals surface area contributed by atoms with Gasteiger partial charge in [0.2, 0.25) is 0 Å². The van der Waals surface area contributed by atoms with Crippen LogP contribution in [0.15, 0.2) is 18.2 Å². The van der Waals surface area contributed by atoms with Crippen LogP contribution >= 0.6 is 11.8 Å². The number of rotatable bonds is 3. The van der Waals surface area contributed by atoms with Gasteiger partial charge in [-0.2, -0.15) is 11.8 Å². The highest BCUT2D eigenvalue weighted by atomic mass is 32.2. The summed E-state index contributed by atoms with van der Waals surface area (Å²) in [6, 6.07) is 5.95. The Labute approximate surface area is 130 Å². The van der Waals surface area contributed by atoms with Gasteiger partial charge in [-0.05, 0) is 49.3 Å². The number of carbonyl (C=O) groups excluding carboxylic acids is 1. The Morgan fingerprint density at radius 1 is 1.48 bits per heavy atom. The third-order valence-corrected chi connectivity index (χ3v) is 4.52. The standard InChI is InChI=1S/C17H21NO2S/c1-13-9-14(5-2-3-7-19)11-15(10-13)17(20)18-16-6-4-8-21-12-16/h9-11,16,19H,3-4,6-8,12H2,1H3,(H,18,20). The summed E-state index contributed by atoms with van der Waals surface area (Å²) in [5.74, 6) is 8.06. The van der Waals surface area contributed by atoms with Crippen LogP contribution in [-0.4, -0.2) is 35.2 Å². The summed E-state index contributed by atoms with van der Waals surface area (Å²) in [5.41, 5.74) is 2.51. The number of aryl methyl sites for hydroxylation is 1. The largest absolute Gasteiger partial charge is 0.395 e. The summed E-state index contributed by atoms with van der Waals surface area (Å²) in [6.45, 7) is 2.02. The Balaban J connectivity index is 2.07. The predicted octanol–water partition coefficient (Wildman–Crippen LogP) is 2.35. The molecule has 0 spiro atoms. The predicted molar refractivity (Wildman–Crippen MR) is 87.6 cm³/mol. The van der Waals surface area contributed by atoms with Crippen molar-refractivity contribution >= 4 is 17.7 Å². The molecule has 1 heterocycles. The smallest absolute Gasteiger partial charge is 0.251 e. The van der Waals surface area contributed by atoms with Crippen LogP contribution in [0.5, 0.6) is 0 Å². The zero-order valence-electron chi connectivity index (χ0n) is 12.3. The maximum absolute atomic E-state index is 12.3. The van der Waals surface area contributed by atoms with Crippen molar-refractivity contribution < 1.29 is 9.90 Å². The van der Waals surface area contributed by atoms with Gasteiger partial charge in [-0.3, -0.25) is 4.79 Å². The zero-order valence-corrected chi connectivity index (χ0v) is 13.1. The lowest BCUT2D eigenvalue weighted by atomic mass is 10.1. The minimum absolute atomic E-state index is 0.0172. The molecule has 1 aliphatic heterocycles. The third-order valence-electron chi connectivity index (χ3n) is 3.30. The van der Waals surface area contributed by atoms with Gasteiger partial charge in [-0.25, -0.2) is 0 Å². The van der Waals surface area contributed by atoms with Crippen molar-refractivity contribution in [1.82, 2.24) is 5.32 Å². The third kappa shape index (κ3) is 5.11. The van der Waals surface area contributed by atoms with E-state index < -0.39 is 0 Å². The van der Waals surface area contributed by atoms with Crippen LogP contribution in [0, 0.1) is 18.8 Å². The van der Waals surface area contributed by atoms with Crippen molar-refractivity contribution in [1.29, 1.82) is 0 Å². The molecule has 0 radical (unpaired) electrons. The highest BCUT2D eigenvalue weighted by Gasteiger charge is 2.17. The van der Waals surface area contributed by atoms with E-state index in [1.165, 1.54) is 12.2 Å². The molecule has 1 unspecified atom stereocenters. The number of thioether (sulfide) groups is 1. The zero-order chi connectivity index (χ0) is 15.1. The number of carbonyl (C=O) groups is 1. The summed E-state index contributed by atoms with van der Waals surface area (Å²) in [6.07, 6.45) is 2.68. The first-order chi connectivity index (χ1) is 10.2. The number of hydrogen-bond donors (Lipinski definition) is 2. The van der Waals surface area contributed by atoms with E-state index in [2.05, 4.69) is 17.2 Å². The van der Waals surface area contributed by atoms with Crippen molar-refractivity contribution in [2.75, 3.05) is 18.1 Å². The topological polar surface area (TPSA) is 49.3 Å². The molecule has 0 aromatic heterocycles. The van der Waals surface area contributed by atoms with E-state index in [0.717, 1.165) is 23.3 Å². The second-order valence-electron chi connectivity index (χ2n) is 5.25. The summed E-state index contributed by atoms with van der Waals surface area (Å²) in [7, 11) is 0. The van der Waals surface area contributed by atoms with Crippen molar-refractivity contribution in [3.05, 3.63) is 34.9 Å². The minimum atomic E-state index is -0.0172. The van der Waals surface area contributed by atoms with Gasteiger partial charge in [-0.15, -0.1) is 0 Å². The van der Waals surface area contributed by atoms with Gasteiger partial charge in [0.05, 0.1) is 6.61 Å². The van der Waals surface area contributed by atoms with E-state index in [1.54, 1.807) is 0 Å². The maximum Gasteiger partial charge on any atom is 0.251 e. The van der Waals surface area contributed by atoms with E-state index >= 15 is 0 Å². The Morgan fingerprint density at radius 3 is 3.05 bits per heavy atom. The molecule has 1 saturated heterocycles. The molecule has 112 valence electrons. The van der Waals surface area contributed by atoms with Gasteiger partial charge in [0.15, 0.2) is 0 Å². The second kappa shape index (κ2) is 8.11. The van der Waals surface area contributed by atoms with E-state index in [4.69, 9.17) is 5.11 Å². The van der Waals surface area contributed by atoms with Crippen LogP contribution in [0.25, 0.3) is 0 Å². The molecule has 0 aliphatic carbocycles. The lowest BCUT2D eigenvalue weighted by molar-refractivity contribution is 0.0938. The average molecular weight is 303 g/mol. The average Bonchev–Trinajstić information content (AvgIpc) is 2.48. The number of benzene rings is 1. The van der Waals surface area contributed by atoms with Crippen LogP contribution in [0.3, 0.4) is 0 Å². The molecule has 0 saturated carbocycles. The second-order valence-corrected chi connectivity index (χ2v) is 6.40. The minimum Gasteiger partial charge on any atom is -0.395 e. The number of hydrogen-bond acceptors (Lipinski definition) is 3. The number of nitrogens with one attached hydrogen (secondary N) is 1. The van der Waals surface area contributed by atoms with Crippen LogP contribution < -0.4 is 5.32 Å². The van der Waals surface area contributed by atoms with Crippen molar-refractivity contribution in [3.63, 3.8) is 0 Å². The van der Waals surface area contributed by atoms with Gasteiger partial charge in [0.25, 0.3) is 5.91 Å². The first-order valence-corrected chi connectivity index (χ1v) is 8.44. The van der Waals surface area contributed by atoms with E-state index in [-0.39, 0.29) is 18.6 Å². The van der Waals surface area contributed by atoms with Crippen LogP contribution in [0.4, 0.5) is 0 Å². The molecule has 0 bridgehead atoms. The number of aliphatic hydroxyl groups is 1. The molecule has 3 nitrogen and oxygen atoms in total. The summed E-state index contributed by atoms with van der Waals surface area (Å²) in [5, 5.41) is 11.9. The quantitative estimate of drug-likeness (QED) is 0.843. The van der Waals surface area contributed by atoms with E-state index in [0.29, 0.717) is 12.0 Å². The summed E-state index contributed by atoms with van der Waals surface area (Å²) in [4.78, 5) is 12.3. The fourth-order valence-electron chi connectivity index (χ4n) is 2.33. The van der Waals surface area contributed by atoms with Gasteiger partial charge < -0.3 is 10.4 Å². The normalized spacial score (nSPS) is 17.7. The molecule has 1 fully saturated rings. The Bertz CT molecular complexity index is 554. The SMILES string of the molecule is Cc1cc(C#CCCO)cc(C(=O)NC2CCCSC2)c1.